The van der Waals surface area contributed by atoms with Crippen LogP contribution in [0.1, 0.15) is 12.8 Å². The molecule has 0 amide bonds. The van der Waals surface area contributed by atoms with E-state index in [1.54, 1.807) is 0 Å². The van der Waals surface area contributed by atoms with Gasteiger partial charge in [-0.25, -0.2) is 0 Å². The van der Waals surface area contributed by atoms with Crippen LogP contribution in [0.4, 0.5) is 0 Å². The molecule has 1 unspecified atom stereocenters. The van der Waals surface area contributed by atoms with Crippen molar-refractivity contribution in [1.29, 1.82) is 5.26 Å². The second-order valence-electron chi connectivity index (χ2n) is 2.75. The fourth-order valence-corrected chi connectivity index (χ4v) is 2.63. The zero-order valence-corrected chi connectivity index (χ0v) is 9.25. The van der Waals surface area contributed by atoms with Crippen LogP contribution in [0, 0.1) is 11.5 Å². The molecule has 1 saturated heterocycles. The molecule has 72 valence electrons. The van der Waals surface area contributed by atoms with Gasteiger partial charge in [0.15, 0.2) is 11.4 Å². The number of nitrogens with one attached hydrogen (secondary N) is 1. The first-order valence-corrected chi connectivity index (χ1v) is 6.59. The summed E-state index contributed by atoms with van der Waals surface area (Å²) in [5.41, 5.74) is 0. The average molecular weight is 215 g/mol. The van der Waals surface area contributed by atoms with E-state index in [1.807, 2.05) is 24.2 Å². The van der Waals surface area contributed by atoms with Gasteiger partial charge in [0, 0.05) is 5.75 Å². The Kier molecular flexibility index (Phi) is 5.09. The molecule has 1 heterocycles. The van der Waals surface area contributed by atoms with Gasteiger partial charge in [0.05, 0.1) is 6.04 Å². The standard InChI is InChI=1S/C8H13N3S2/c1-12-8(10-6-9)11-7-3-2-4-13-5-7/h7H,2-5H2,1H3,(H,10,11). The quantitative estimate of drug-likeness (QED) is 0.313. The molecular weight excluding hydrogens is 202 g/mol. The summed E-state index contributed by atoms with van der Waals surface area (Å²) in [4.78, 5) is 4.47. The van der Waals surface area contributed by atoms with E-state index in [1.165, 1.54) is 23.9 Å². The first-order valence-electron chi connectivity index (χ1n) is 4.21. The third-order valence-electron chi connectivity index (χ3n) is 1.79. The smallest absolute Gasteiger partial charge is 0.183 e. The Labute approximate surface area is 87.4 Å². The van der Waals surface area contributed by atoms with Crippen molar-refractivity contribution in [3.05, 3.63) is 0 Å². The number of nitrogens with zero attached hydrogens (tertiary/aromatic N) is 2. The fraction of sp³-hybridized carbons (Fsp3) is 0.750. The summed E-state index contributed by atoms with van der Waals surface area (Å²) >= 11 is 3.44. The van der Waals surface area contributed by atoms with Crippen LogP contribution in [0.15, 0.2) is 4.99 Å². The highest BCUT2D eigenvalue weighted by atomic mass is 32.2. The number of hydrogen-bond donors (Lipinski definition) is 1. The maximum atomic E-state index is 8.44. The summed E-state index contributed by atoms with van der Waals surface area (Å²) in [6.45, 7) is 0. The molecule has 0 aromatic carbocycles. The molecule has 1 aliphatic rings. The van der Waals surface area contributed by atoms with Gasteiger partial charge >= 0.3 is 0 Å². The summed E-state index contributed by atoms with van der Waals surface area (Å²) in [7, 11) is 0. The Morgan fingerprint density at radius 2 is 2.62 bits per heavy atom. The van der Waals surface area contributed by atoms with Crippen molar-refractivity contribution in [3.63, 3.8) is 0 Å². The highest BCUT2D eigenvalue weighted by Gasteiger charge is 2.12. The minimum Gasteiger partial charge on any atom is -0.272 e. The second kappa shape index (κ2) is 6.17. The van der Waals surface area contributed by atoms with E-state index in [2.05, 4.69) is 10.3 Å². The van der Waals surface area contributed by atoms with Crippen LogP contribution in [0.3, 0.4) is 0 Å². The molecule has 1 rings (SSSR count). The number of hydrogen-bond acceptors (Lipinski definition) is 4. The van der Waals surface area contributed by atoms with Crippen LogP contribution < -0.4 is 5.32 Å². The average Bonchev–Trinajstić information content (AvgIpc) is 2.19. The molecule has 5 heteroatoms. The topological polar surface area (TPSA) is 48.2 Å². The van der Waals surface area contributed by atoms with Crippen LogP contribution in [0.25, 0.3) is 0 Å². The molecule has 1 N–H and O–H groups in total. The van der Waals surface area contributed by atoms with Gasteiger partial charge < -0.3 is 0 Å². The van der Waals surface area contributed by atoms with E-state index in [4.69, 9.17) is 5.26 Å². The van der Waals surface area contributed by atoms with E-state index in [0.717, 1.165) is 17.3 Å². The third-order valence-corrected chi connectivity index (χ3v) is 3.58. The number of nitriles is 1. The SMILES string of the molecule is CSC(=NC1CCCSC1)NC#N. The molecule has 1 atom stereocenters. The van der Waals surface area contributed by atoms with E-state index >= 15 is 0 Å². The second-order valence-corrected chi connectivity index (χ2v) is 4.69. The minimum atomic E-state index is 0.405. The van der Waals surface area contributed by atoms with Crippen LogP contribution in [-0.2, 0) is 0 Å². The maximum Gasteiger partial charge on any atom is 0.183 e. The lowest BCUT2D eigenvalue weighted by Gasteiger charge is -2.17. The molecule has 0 aromatic rings. The number of amidine groups is 1. The zero-order valence-electron chi connectivity index (χ0n) is 7.62. The number of thioether (sulfide) groups is 2. The highest BCUT2D eigenvalue weighted by molar-refractivity contribution is 8.13. The molecule has 1 aliphatic heterocycles. The Hall–Kier alpha value is -0.340. The molecule has 13 heavy (non-hydrogen) atoms. The van der Waals surface area contributed by atoms with E-state index < -0.39 is 0 Å². The predicted octanol–water partition coefficient (Wildman–Crippen LogP) is 1.67. The van der Waals surface area contributed by atoms with Crippen molar-refractivity contribution in [2.75, 3.05) is 17.8 Å². The Bertz CT molecular complexity index is 216. The number of aliphatic imine (C=N–C) groups is 1. The summed E-state index contributed by atoms with van der Waals surface area (Å²) < 4.78 is 0. The Morgan fingerprint density at radius 3 is 3.15 bits per heavy atom. The summed E-state index contributed by atoms with van der Waals surface area (Å²) in [5, 5.41) is 11.8. The van der Waals surface area contributed by atoms with Crippen LogP contribution in [0.5, 0.6) is 0 Å². The highest BCUT2D eigenvalue weighted by Crippen LogP contribution is 2.20. The molecule has 3 nitrogen and oxygen atoms in total. The van der Waals surface area contributed by atoms with Gasteiger partial charge in [0.2, 0.25) is 0 Å². The van der Waals surface area contributed by atoms with Crippen molar-refractivity contribution in [3.8, 4) is 6.19 Å². The monoisotopic (exact) mass is 215 g/mol. The molecule has 0 spiro atoms. The molecule has 0 radical (unpaired) electrons. The molecule has 0 bridgehead atoms. The van der Waals surface area contributed by atoms with Crippen LogP contribution >= 0.6 is 23.5 Å². The normalized spacial score (nSPS) is 23.7. The predicted molar refractivity (Wildman–Crippen MR) is 60.0 cm³/mol. The maximum absolute atomic E-state index is 8.44. The molecule has 0 aromatic heterocycles. The lowest BCUT2D eigenvalue weighted by Crippen LogP contribution is -2.21. The van der Waals surface area contributed by atoms with Gasteiger partial charge in [-0.15, -0.1) is 0 Å². The van der Waals surface area contributed by atoms with E-state index in [-0.39, 0.29) is 0 Å². The summed E-state index contributed by atoms with van der Waals surface area (Å²) in [6, 6.07) is 0.405. The third kappa shape index (κ3) is 3.92. The largest absolute Gasteiger partial charge is 0.272 e. The first-order chi connectivity index (χ1) is 6.36. The van der Waals surface area contributed by atoms with Crippen molar-refractivity contribution in [2.45, 2.75) is 18.9 Å². The Morgan fingerprint density at radius 1 is 1.77 bits per heavy atom. The van der Waals surface area contributed by atoms with Crippen molar-refractivity contribution in [2.24, 2.45) is 4.99 Å². The van der Waals surface area contributed by atoms with Crippen molar-refractivity contribution in [1.82, 2.24) is 5.32 Å². The Balaban J connectivity index is 2.45. The number of rotatable bonds is 1. The van der Waals surface area contributed by atoms with Gasteiger partial charge in [-0.3, -0.25) is 10.3 Å². The van der Waals surface area contributed by atoms with E-state index in [0.29, 0.717) is 6.04 Å². The first kappa shape index (κ1) is 10.7. The van der Waals surface area contributed by atoms with E-state index in [9.17, 15) is 0 Å². The molecular formula is C8H13N3S2. The van der Waals surface area contributed by atoms with Gasteiger partial charge in [0.25, 0.3) is 0 Å². The summed E-state index contributed by atoms with van der Waals surface area (Å²) in [5.74, 6) is 2.35. The summed E-state index contributed by atoms with van der Waals surface area (Å²) in [6.07, 6.45) is 6.23. The van der Waals surface area contributed by atoms with Gasteiger partial charge in [-0.1, -0.05) is 11.8 Å². The fourth-order valence-electron chi connectivity index (χ4n) is 1.18. The lowest BCUT2D eigenvalue weighted by molar-refractivity contribution is 0.650. The molecule has 1 fully saturated rings. The minimum absolute atomic E-state index is 0.405. The molecule has 0 aliphatic carbocycles. The van der Waals surface area contributed by atoms with Crippen molar-refractivity contribution >= 4 is 28.7 Å². The van der Waals surface area contributed by atoms with Crippen molar-refractivity contribution < 1.29 is 0 Å². The van der Waals surface area contributed by atoms with Gasteiger partial charge in [0.1, 0.15) is 0 Å². The lowest BCUT2D eigenvalue weighted by atomic mass is 10.2. The molecule has 0 saturated carbocycles. The van der Waals surface area contributed by atoms with Crippen LogP contribution in [-0.4, -0.2) is 29.0 Å². The van der Waals surface area contributed by atoms with Gasteiger partial charge in [-0.05, 0) is 24.9 Å². The zero-order chi connectivity index (χ0) is 9.52. The van der Waals surface area contributed by atoms with Crippen LogP contribution in [0.2, 0.25) is 0 Å². The van der Waals surface area contributed by atoms with Gasteiger partial charge in [-0.2, -0.15) is 17.0 Å².